The minimum atomic E-state index is -0.530. The summed E-state index contributed by atoms with van der Waals surface area (Å²) < 4.78 is 1.15. The van der Waals surface area contributed by atoms with Crippen molar-refractivity contribution in [3.8, 4) is 0 Å². The van der Waals surface area contributed by atoms with Gasteiger partial charge in [0.25, 0.3) is 5.91 Å². The van der Waals surface area contributed by atoms with Gasteiger partial charge < -0.3 is 11.5 Å². The van der Waals surface area contributed by atoms with Crippen molar-refractivity contribution in [3.05, 3.63) is 12.3 Å². The van der Waals surface area contributed by atoms with Gasteiger partial charge in [-0.05, 0) is 12.3 Å². The molecule has 1 heterocycles. The van der Waals surface area contributed by atoms with E-state index in [0.717, 1.165) is 4.68 Å². The van der Waals surface area contributed by atoms with E-state index in [1.807, 2.05) is 13.8 Å². The van der Waals surface area contributed by atoms with Crippen LogP contribution in [0.1, 0.15) is 25.1 Å². The van der Waals surface area contributed by atoms with E-state index in [9.17, 15) is 4.79 Å². The van der Waals surface area contributed by atoms with E-state index in [4.69, 9.17) is 11.5 Å². The number of anilines is 1. The van der Waals surface area contributed by atoms with E-state index < -0.39 is 6.04 Å². The molecule has 0 aromatic carbocycles. The molecule has 0 bridgehead atoms. The van der Waals surface area contributed by atoms with Crippen molar-refractivity contribution in [1.29, 1.82) is 0 Å². The van der Waals surface area contributed by atoms with Gasteiger partial charge in [0, 0.05) is 6.07 Å². The molecule has 78 valence electrons. The maximum atomic E-state index is 11.7. The van der Waals surface area contributed by atoms with Gasteiger partial charge in [-0.2, -0.15) is 9.78 Å². The Labute approximate surface area is 83.1 Å². The van der Waals surface area contributed by atoms with Crippen LogP contribution in [-0.2, 0) is 0 Å². The number of aromatic nitrogens is 2. The summed E-state index contributed by atoms with van der Waals surface area (Å²) in [6.07, 6.45) is 2.12. The average molecular weight is 196 g/mol. The van der Waals surface area contributed by atoms with Crippen LogP contribution in [0.25, 0.3) is 0 Å². The van der Waals surface area contributed by atoms with Crippen LogP contribution in [0.3, 0.4) is 0 Å². The Balaban J connectivity index is 2.71. The second-order valence-electron chi connectivity index (χ2n) is 3.74. The molecule has 1 rings (SSSR count). The fourth-order valence-corrected chi connectivity index (χ4v) is 1.26. The molecule has 0 aliphatic carbocycles. The first-order chi connectivity index (χ1) is 6.52. The molecule has 1 atom stereocenters. The van der Waals surface area contributed by atoms with Crippen molar-refractivity contribution in [1.82, 2.24) is 9.78 Å². The molecule has 4 N–H and O–H groups in total. The van der Waals surface area contributed by atoms with Gasteiger partial charge in [0.1, 0.15) is 5.82 Å². The van der Waals surface area contributed by atoms with E-state index >= 15 is 0 Å². The highest BCUT2D eigenvalue weighted by atomic mass is 16.2. The second-order valence-corrected chi connectivity index (χ2v) is 3.74. The first-order valence-corrected chi connectivity index (χ1v) is 4.61. The number of nitrogens with zero attached hydrogens (tertiary/aromatic N) is 2. The zero-order valence-corrected chi connectivity index (χ0v) is 8.47. The van der Waals surface area contributed by atoms with Crippen LogP contribution in [0.15, 0.2) is 12.3 Å². The predicted molar refractivity (Wildman–Crippen MR) is 54.7 cm³/mol. The number of carbonyl (C=O) groups excluding carboxylic acids is 1. The van der Waals surface area contributed by atoms with E-state index in [1.165, 1.54) is 6.20 Å². The summed E-state index contributed by atoms with van der Waals surface area (Å²) in [5, 5.41) is 3.81. The zero-order chi connectivity index (χ0) is 10.7. The van der Waals surface area contributed by atoms with Gasteiger partial charge in [-0.25, -0.2) is 0 Å². The number of rotatable bonds is 3. The van der Waals surface area contributed by atoms with Crippen molar-refractivity contribution < 1.29 is 4.79 Å². The van der Waals surface area contributed by atoms with Crippen LogP contribution in [0, 0.1) is 5.92 Å². The zero-order valence-electron chi connectivity index (χ0n) is 8.47. The standard InChI is InChI=1S/C9H16N4O/c1-6(2)5-7(10)9(14)13-8(11)3-4-12-13/h3-4,6-7H,5,10-11H2,1-2H3/t7-/m1/s1. The number of hydrogen-bond acceptors (Lipinski definition) is 4. The summed E-state index contributed by atoms with van der Waals surface area (Å²) >= 11 is 0. The van der Waals surface area contributed by atoms with E-state index in [2.05, 4.69) is 5.10 Å². The molecule has 0 unspecified atom stereocenters. The predicted octanol–water partition coefficient (Wildman–Crippen LogP) is 0.479. The summed E-state index contributed by atoms with van der Waals surface area (Å²) in [5.74, 6) is 0.459. The van der Waals surface area contributed by atoms with Gasteiger partial charge in [-0.1, -0.05) is 13.8 Å². The highest BCUT2D eigenvalue weighted by molar-refractivity contribution is 5.85. The third-order valence-corrected chi connectivity index (χ3v) is 1.92. The normalized spacial score (nSPS) is 13.1. The quantitative estimate of drug-likeness (QED) is 0.736. The average Bonchev–Trinajstić information content (AvgIpc) is 2.48. The Morgan fingerprint density at radius 1 is 1.64 bits per heavy atom. The minimum absolute atomic E-state index is 0.249. The van der Waals surface area contributed by atoms with Gasteiger partial charge in [0.05, 0.1) is 12.2 Å². The number of nitrogens with two attached hydrogens (primary N) is 2. The van der Waals surface area contributed by atoms with Crippen molar-refractivity contribution in [2.24, 2.45) is 11.7 Å². The second kappa shape index (κ2) is 4.23. The Morgan fingerprint density at radius 3 is 2.71 bits per heavy atom. The summed E-state index contributed by atoms with van der Waals surface area (Å²) in [6.45, 7) is 4.03. The van der Waals surface area contributed by atoms with Crippen LogP contribution >= 0.6 is 0 Å². The summed E-state index contributed by atoms with van der Waals surface area (Å²) in [6, 6.07) is 1.04. The molecule has 5 nitrogen and oxygen atoms in total. The Kier molecular flexibility index (Phi) is 3.24. The molecular weight excluding hydrogens is 180 g/mol. The first-order valence-electron chi connectivity index (χ1n) is 4.61. The maximum absolute atomic E-state index is 11.7. The first kappa shape index (κ1) is 10.7. The van der Waals surface area contributed by atoms with Gasteiger partial charge in [0.2, 0.25) is 0 Å². The summed E-state index contributed by atoms with van der Waals surface area (Å²) in [7, 11) is 0. The summed E-state index contributed by atoms with van der Waals surface area (Å²) in [5.41, 5.74) is 11.2. The lowest BCUT2D eigenvalue weighted by Gasteiger charge is -2.12. The summed E-state index contributed by atoms with van der Waals surface area (Å²) in [4.78, 5) is 11.7. The molecule has 0 spiro atoms. The largest absolute Gasteiger partial charge is 0.383 e. The molecule has 0 fully saturated rings. The van der Waals surface area contributed by atoms with Gasteiger partial charge in [-0.3, -0.25) is 4.79 Å². The van der Waals surface area contributed by atoms with Crippen molar-refractivity contribution in [3.63, 3.8) is 0 Å². The van der Waals surface area contributed by atoms with Crippen LogP contribution in [0.2, 0.25) is 0 Å². The van der Waals surface area contributed by atoms with Crippen molar-refractivity contribution in [2.75, 3.05) is 5.73 Å². The Hall–Kier alpha value is -1.36. The molecule has 0 saturated heterocycles. The SMILES string of the molecule is CC(C)C[C@@H](N)C(=O)n1nccc1N. The smallest absolute Gasteiger partial charge is 0.265 e. The third kappa shape index (κ3) is 2.32. The van der Waals surface area contributed by atoms with Crippen molar-refractivity contribution >= 4 is 11.7 Å². The van der Waals surface area contributed by atoms with E-state index in [-0.39, 0.29) is 5.91 Å². The molecule has 1 aromatic rings. The number of carbonyl (C=O) groups is 1. The number of nitrogen functional groups attached to an aromatic ring is 1. The molecule has 0 radical (unpaired) electrons. The Morgan fingerprint density at radius 2 is 2.29 bits per heavy atom. The molecule has 0 aliphatic rings. The molecule has 5 heteroatoms. The molecule has 0 saturated carbocycles. The van der Waals surface area contributed by atoms with Crippen LogP contribution in [-0.4, -0.2) is 21.7 Å². The monoisotopic (exact) mass is 196 g/mol. The molecule has 0 amide bonds. The van der Waals surface area contributed by atoms with Crippen LogP contribution in [0.5, 0.6) is 0 Å². The van der Waals surface area contributed by atoms with Gasteiger partial charge >= 0.3 is 0 Å². The van der Waals surface area contributed by atoms with Crippen LogP contribution < -0.4 is 11.5 Å². The molecular formula is C9H16N4O. The third-order valence-electron chi connectivity index (χ3n) is 1.92. The fourth-order valence-electron chi connectivity index (χ4n) is 1.26. The topological polar surface area (TPSA) is 86.9 Å². The highest BCUT2D eigenvalue weighted by Gasteiger charge is 2.18. The number of hydrogen-bond donors (Lipinski definition) is 2. The lowest BCUT2D eigenvalue weighted by atomic mass is 10.0. The maximum Gasteiger partial charge on any atom is 0.265 e. The highest BCUT2D eigenvalue weighted by Crippen LogP contribution is 2.07. The van der Waals surface area contributed by atoms with Gasteiger partial charge in [0.15, 0.2) is 0 Å². The molecule has 14 heavy (non-hydrogen) atoms. The Bertz CT molecular complexity index is 318. The van der Waals surface area contributed by atoms with Crippen molar-refractivity contribution in [2.45, 2.75) is 26.3 Å². The minimum Gasteiger partial charge on any atom is -0.383 e. The fraction of sp³-hybridized carbons (Fsp3) is 0.556. The van der Waals surface area contributed by atoms with E-state index in [1.54, 1.807) is 6.07 Å². The van der Waals surface area contributed by atoms with E-state index in [0.29, 0.717) is 18.2 Å². The molecule has 1 aromatic heterocycles. The van der Waals surface area contributed by atoms with Crippen LogP contribution in [0.4, 0.5) is 5.82 Å². The molecule has 0 aliphatic heterocycles. The lowest BCUT2D eigenvalue weighted by Crippen LogP contribution is -2.36. The van der Waals surface area contributed by atoms with Gasteiger partial charge in [-0.15, -0.1) is 0 Å². The lowest BCUT2D eigenvalue weighted by molar-refractivity contribution is 0.0855.